The predicted octanol–water partition coefficient (Wildman–Crippen LogP) is 2.60. The third kappa shape index (κ3) is 3.91. The third-order valence-electron chi connectivity index (χ3n) is 4.86. The number of carbonyl (C=O) groups excluding carboxylic acids is 2. The summed E-state index contributed by atoms with van der Waals surface area (Å²) in [5.41, 5.74) is 0.803. The van der Waals surface area contributed by atoms with Gasteiger partial charge < -0.3 is 19.0 Å². The van der Waals surface area contributed by atoms with Crippen LogP contribution in [-0.4, -0.2) is 64.2 Å². The summed E-state index contributed by atoms with van der Waals surface area (Å²) >= 11 is 0. The maximum atomic E-state index is 13.2. The first-order valence-electron chi connectivity index (χ1n) is 9.67. The average Bonchev–Trinajstić information content (AvgIpc) is 3.44. The fourth-order valence-electron chi connectivity index (χ4n) is 3.31. The molecule has 1 aliphatic heterocycles. The molecule has 0 unspecified atom stereocenters. The molecule has 0 spiro atoms. The molecule has 0 N–H and O–H groups in total. The Balaban J connectivity index is 1.49. The number of ether oxygens (including phenoxy) is 1. The van der Waals surface area contributed by atoms with Crippen LogP contribution in [0.1, 0.15) is 28.0 Å². The van der Waals surface area contributed by atoms with Crippen molar-refractivity contribution in [2.75, 3.05) is 32.8 Å². The number of rotatable bonds is 5. The Morgan fingerprint density at radius 3 is 2.33 bits per heavy atom. The van der Waals surface area contributed by atoms with E-state index in [1.54, 1.807) is 40.3 Å². The van der Waals surface area contributed by atoms with Crippen LogP contribution in [0.2, 0.25) is 0 Å². The molecule has 0 atom stereocenters. The van der Waals surface area contributed by atoms with Crippen LogP contribution in [0, 0.1) is 5.82 Å². The molecule has 3 aromatic rings. The van der Waals surface area contributed by atoms with Gasteiger partial charge in [-0.25, -0.2) is 9.07 Å². The van der Waals surface area contributed by atoms with Gasteiger partial charge in [0.1, 0.15) is 5.82 Å². The summed E-state index contributed by atoms with van der Waals surface area (Å²) in [4.78, 5) is 28.8. The van der Waals surface area contributed by atoms with E-state index >= 15 is 0 Å². The average molecular weight is 412 g/mol. The number of piperazine rings is 1. The molecule has 8 nitrogen and oxygen atoms in total. The van der Waals surface area contributed by atoms with Gasteiger partial charge in [0.15, 0.2) is 17.2 Å². The monoisotopic (exact) mass is 412 g/mol. The van der Waals surface area contributed by atoms with E-state index in [4.69, 9.17) is 9.15 Å². The Hall–Kier alpha value is -3.62. The van der Waals surface area contributed by atoms with Crippen molar-refractivity contribution >= 4 is 11.8 Å². The van der Waals surface area contributed by atoms with E-state index in [1.807, 2.05) is 6.92 Å². The summed E-state index contributed by atoms with van der Waals surface area (Å²) in [7, 11) is 0. The van der Waals surface area contributed by atoms with Gasteiger partial charge in [-0.2, -0.15) is 5.10 Å². The SMILES string of the molecule is CCOc1cn(-c2ccc(F)cc2)nc1C(=O)N1CCN(C(=O)c2ccco2)CC1. The summed E-state index contributed by atoms with van der Waals surface area (Å²) in [6.07, 6.45) is 3.07. The zero-order valence-corrected chi connectivity index (χ0v) is 16.5. The normalized spacial score (nSPS) is 14.1. The van der Waals surface area contributed by atoms with Gasteiger partial charge in [0.2, 0.25) is 0 Å². The minimum absolute atomic E-state index is 0.187. The molecular weight excluding hydrogens is 391 g/mol. The zero-order valence-electron chi connectivity index (χ0n) is 16.5. The van der Waals surface area contributed by atoms with Gasteiger partial charge in [0, 0.05) is 26.2 Å². The van der Waals surface area contributed by atoms with Crippen molar-refractivity contribution in [3.05, 3.63) is 66.1 Å². The third-order valence-corrected chi connectivity index (χ3v) is 4.86. The first-order valence-corrected chi connectivity index (χ1v) is 9.67. The molecule has 9 heteroatoms. The topological polar surface area (TPSA) is 80.8 Å². The molecule has 3 heterocycles. The van der Waals surface area contributed by atoms with E-state index in [1.165, 1.54) is 23.1 Å². The Bertz CT molecular complexity index is 1020. The van der Waals surface area contributed by atoms with Crippen molar-refractivity contribution in [3.63, 3.8) is 0 Å². The lowest BCUT2D eigenvalue weighted by Gasteiger charge is -2.34. The Morgan fingerprint density at radius 1 is 1.07 bits per heavy atom. The van der Waals surface area contributed by atoms with Crippen molar-refractivity contribution in [1.82, 2.24) is 19.6 Å². The van der Waals surface area contributed by atoms with Gasteiger partial charge in [0.25, 0.3) is 11.8 Å². The summed E-state index contributed by atoms with van der Waals surface area (Å²) < 4.78 is 25.5. The van der Waals surface area contributed by atoms with Crippen molar-refractivity contribution in [2.45, 2.75) is 6.92 Å². The lowest BCUT2D eigenvalue weighted by molar-refractivity contribution is 0.0513. The van der Waals surface area contributed by atoms with Crippen LogP contribution in [0.15, 0.2) is 53.3 Å². The molecule has 30 heavy (non-hydrogen) atoms. The second-order valence-corrected chi connectivity index (χ2v) is 6.76. The van der Waals surface area contributed by atoms with E-state index < -0.39 is 0 Å². The summed E-state index contributed by atoms with van der Waals surface area (Å²) in [5.74, 6) is -0.173. The number of hydrogen-bond donors (Lipinski definition) is 0. The van der Waals surface area contributed by atoms with Crippen molar-refractivity contribution in [1.29, 1.82) is 0 Å². The second kappa shape index (κ2) is 8.40. The molecule has 0 bridgehead atoms. The molecule has 156 valence electrons. The van der Waals surface area contributed by atoms with Crippen LogP contribution in [0.4, 0.5) is 4.39 Å². The summed E-state index contributed by atoms with van der Waals surface area (Å²) in [5, 5.41) is 4.38. The first-order chi connectivity index (χ1) is 14.6. The van der Waals surface area contributed by atoms with E-state index in [0.717, 1.165) is 0 Å². The number of halogens is 1. The second-order valence-electron chi connectivity index (χ2n) is 6.76. The Morgan fingerprint density at radius 2 is 1.73 bits per heavy atom. The highest BCUT2D eigenvalue weighted by Gasteiger charge is 2.29. The van der Waals surface area contributed by atoms with Gasteiger partial charge in [0.05, 0.1) is 24.8 Å². The molecule has 0 saturated carbocycles. The molecule has 0 aliphatic carbocycles. The van der Waals surface area contributed by atoms with Crippen molar-refractivity contribution in [3.8, 4) is 11.4 Å². The summed E-state index contributed by atoms with van der Waals surface area (Å²) in [6, 6.07) is 9.09. The van der Waals surface area contributed by atoms with E-state index in [0.29, 0.717) is 44.2 Å². The maximum absolute atomic E-state index is 13.2. The van der Waals surface area contributed by atoms with Crippen molar-refractivity contribution < 1.29 is 23.1 Å². The molecule has 2 amide bonds. The van der Waals surface area contributed by atoms with E-state index in [-0.39, 0.29) is 29.1 Å². The van der Waals surface area contributed by atoms with Crippen LogP contribution in [-0.2, 0) is 0 Å². The number of nitrogens with zero attached hydrogens (tertiary/aromatic N) is 4. The lowest BCUT2D eigenvalue weighted by Crippen LogP contribution is -2.50. The van der Waals surface area contributed by atoms with Gasteiger partial charge in [-0.1, -0.05) is 0 Å². The minimum Gasteiger partial charge on any atom is -0.490 e. The molecule has 1 aliphatic rings. The number of hydrogen-bond acceptors (Lipinski definition) is 5. The number of aromatic nitrogens is 2. The largest absolute Gasteiger partial charge is 0.490 e. The molecule has 4 rings (SSSR count). The number of furan rings is 1. The highest BCUT2D eigenvalue weighted by atomic mass is 19.1. The minimum atomic E-state index is -0.353. The molecule has 2 aromatic heterocycles. The fourth-order valence-corrected chi connectivity index (χ4v) is 3.31. The Kier molecular flexibility index (Phi) is 5.51. The van der Waals surface area contributed by atoms with Crippen LogP contribution >= 0.6 is 0 Å². The van der Waals surface area contributed by atoms with E-state index in [9.17, 15) is 14.0 Å². The fraction of sp³-hybridized carbons (Fsp3) is 0.286. The smallest absolute Gasteiger partial charge is 0.289 e. The van der Waals surface area contributed by atoms with Gasteiger partial charge >= 0.3 is 0 Å². The number of amides is 2. The van der Waals surface area contributed by atoms with Crippen LogP contribution in [0.5, 0.6) is 5.75 Å². The molecular formula is C21H21FN4O4. The van der Waals surface area contributed by atoms with Gasteiger partial charge in [-0.15, -0.1) is 0 Å². The van der Waals surface area contributed by atoms with E-state index in [2.05, 4.69) is 5.10 Å². The quantitative estimate of drug-likeness (QED) is 0.644. The highest BCUT2D eigenvalue weighted by molar-refractivity contribution is 5.95. The lowest BCUT2D eigenvalue weighted by atomic mass is 10.2. The zero-order chi connectivity index (χ0) is 21.1. The van der Waals surface area contributed by atoms with Gasteiger partial charge in [-0.3, -0.25) is 9.59 Å². The highest BCUT2D eigenvalue weighted by Crippen LogP contribution is 2.23. The Labute approximate surface area is 172 Å². The van der Waals surface area contributed by atoms with Crippen LogP contribution in [0.3, 0.4) is 0 Å². The predicted molar refractivity (Wildman–Crippen MR) is 105 cm³/mol. The van der Waals surface area contributed by atoms with Gasteiger partial charge in [-0.05, 0) is 43.3 Å². The maximum Gasteiger partial charge on any atom is 0.289 e. The molecule has 1 saturated heterocycles. The molecule has 1 fully saturated rings. The summed E-state index contributed by atoms with van der Waals surface area (Å²) in [6.45, 7) is 3.74. The number of carbonyl (C=O) groups is 2. The molecule has 0 radical (unpaired) electrons. The first kappa shape index (κ1) is 19.7. The number of benzene rings is 1. The van der Waals surface area contributed by atoms with Crippen LogP contribution in [0.25, 0.3) is 5.69 Å². The standard InChI is InChI=1S/C21H21FN4O4/c1-2-29-18-14-26(16-7-5-15(22)6-8-16)23-19(18)21(28)25-11-9-24(10-12-25)20(27)17-4-3-13-30-17/h3-8,13-14H,2,9-12H2,1H3. The van der Waals surface area contributed by atoms with Crippen molar-refractivity contribution in [2.24, 2.45) is 0 Å². The molecule has 1 aromatic carbocycles. The van der Waals surface area contributed by atoms with Crippen LogP contribution < -0.4 is 4.74 Å².